The quantitative estimate of drug-likeness (QED) is 0.748. The van der Waals surface area contributed by atoms with Gasteiger partial charge >= 0.3 is 0 Å². The third-order valence-electron chi connectivity index (χ3n) is 3.56. The van der Waals surface area contributed by atoms with Crippen LogP contribution in [0.5, 0.6) is 5.75 Å². The number of ether oxygens (including phenoxy) is 1. The van der Waals surface area contributed by atoms with Crippen LogP contribution in [0.15, 0.2) is 40.9 Å². The minimum Gasteiger partial charge on any atom is -0.493 e. The van der Waals surface area contributed by atoms with Crippen LogP contribution in [0.25, 0.3) is 0 Å². The van der Waals surface area contributed by atoms with Gasteiger partial charge < -0.3 is 10.1 Å². The van der Waals surface area contributed by atoms with E-state index in [2.05, 4.69) is 66.3 Å². The number of aryl methyl sites for hydroxylation is 1. The Morgan fingerprint density at radius 3 is 2.71 bits per heavy atom. The summed E-state index contributed by atoms with van der Waals surface area (Å²) in [6.45, 7) is 7.90. The van der Waals surface area contributed by atoms with E-state index in [1.54, 1.807) is 0 Å². The Hall–Kier alpha value is -1.48. The van der Waals surface area contributed by atoms with Crippen molar-refractivity contribution in [1.29, 1.82) is 0 Å². The first-order valence-electron chi connectivity index (χ1n) is 7.33. The van der Waals surface area contributed by atoms with Crippen molar-refractivity contribution in [3.63, 3.8) is 0 Å². The van der Waals surface area contributed by atoms with Crippen LogP contribution in [0.3, 0.4) is 0 Å². The number of hydrogen-bond donors (Lipinski definition) is 1. The molecule has 2 rings (SSSR count). The van der Waals surface area contributed by atoms with E-state index >= 15 is 0 Å². The van der Waals surface area contributed by atoms with Crippen LogP contribution in [0.1, 0.15) is 30.0 Å². The fraction of sp³-hybridized carbons (Fsp3) is 0.333. The number of nitrogens with one attached hydrogen (secondary N) is 1. The number of anilines is 1. The molecule has 0 aliphatic rings. The summed E-state index contributed by atoms with van der Waals surface area (Å²) < 4.78 is 6.90. The Kier molecular flexibility index (Phi) is 5.68. The van der Waals surface area contributed by atoms with Crippen molar-refractivity contribution in [1.82, 2.24) is 0 Å². The Morgan fingerprint density at radius 1 is 1.14 bits per heavy atom. The summed E-state index contributed by atoms with van der Waals surface area (Å²) >= 11 is 3.53. The first-order valence-corrected chi connectivity index (χ1v) is 8.12. The van der Waals surface area contributed by atoms with Crippen LogP contribution >= 0.6 is 15.9 Å². The highest BCUT2D eigenvalue weighted by Crippen LogP contribution is 2.25. The predicted molar refractivity (Wildman–Crippen MR) is 93.2 cm³/mol. The molecule has 2 aromatic carbocycles. The summed E-state index contributed by atoms with van der Waals surface area (Å²) in [5, 5.41) is 3.51. The lowest BCUT2D eigenvalue weighted by Crippen LogP contribution is -2.05. The van der Waals surface area contributed by atoms with Gasteiger partial charge in [-0.05, 0) is 55.7 Å². The highest BCUT2D eigenvalue weighted by atomic mass is 79.9. The second-order valence-corrected chi connectivity index (χ2v) is 6.12. The molecule has 0 bridgehead atoms. The minimum absolute atomic E-state index is 0.748. The zero-order chi connectivity index (χ0) is 15.2. The van der Waals surface area contributed by atoms with Gasteiger partial charge in [-0.1, -0.05) is 35.0 Å². The van der Waals surface area contributed by atoms with Gasteiger partial charge in [-0.15, -0.1) is 0 Å². The summed E-state index contributed by atoms with van der Waals surface area (Å²) in [5.41, 5.74) is 4.94. The highest BCUT2D eigenvalue weighted by molar-refractivity contribution is 9.10. The topological polar surface area (TPSA) is 21.3 Å². The molecule has 3 heteroatoms. The van der Waals surface area contributed by atoms with E-state index in [-0.39, 0.29) is 0 Å². The van der Waals surface area contributed by atoms with Gasteiger partial charge in [-0.25, -0.2) is 0 Å². The zero-order valence-electron chi connectivity index (χ0n) is 12.9. The maximum atomic E-state index is 5.82. The van der Waals surface area contributed by atoms with Gasteiger partial charge in [0.15, 0.2) is 0 Å². The van der Waals surface area contributed by atoms with E-state index in [1.807, 2.05) is 12.1 Å². The van der Waals surface area contributed by atoms with E-state index in [0.29, 0.717) is 0 Å². The van der Waals surface area contributed by atoms with Gasteiger partial charge in [0.1, 0.15) is 5.75 Å². The molecule has 0 aromatic heterocycles. The lowest BCUT2D eigenvalue weighted by Gasteiger charge is -2.15. The first-order chi connectivity index (χ1) is 10.1. The van der Waals surface area contributed by atoms with Crippen LogP contribution in [-0.2, 0) is 6.54 Å². The maximum absolute atomic E-state index is 5.82. The smallest absolute Gasteiger partial charge is 0.124 e. The normalized spacial score (nSPS) is 10.5. The maximum Gasteiger partial charge on any atom is 0.124 e. The number of benzene rings is 2. The van der Waals surface area contributed by atoms with Gasteiger partial charge in [-0.3, -0.25) is 0 Å². The molecule has 0 spiro atoms. The molecule has 21 heavy (non-hydrogen) atoms. The Balaban J connectivity index is 2.15. The van der Waals surface area contributed by atoms with E-state index < -0.39 is 0 Å². The Bertz CT molecular complexity index is 610. The first kappa shape index (κ1) is 15.9. The fourth-order valence-electron chi connectivity index (χ4n) is 2.17. The van der Waals surface area contributed by atoms with Crippen molar-refractivity contribution in [2.24, 2.45) is 0 Å². The van der Waals surface area contributed by atoms with Crippen molar-refractivity contribution in [2.75, 3.05) is 11.9 Å². The molecule has 0 heterocycles. The van der Waals surface area contributed by atoms with Crippen LogP contribution in [0, 0.1) is 13.8 Å². The SMILES string of the molecule is CCCOc1ccc(Br)cc1CNc1cccc(C)c1C. The standard InChI is InChI=1S/C18H22BrNO/c1-4-10-21-18-9-8-16(19)11-15(18)12-20-17-7-5-6-13(2)14(17)3/h5-9,11,20H,4,10,12H2,1-3H3. The second-order valence-electron chi connectivity index (χ2n) is 5.20. The van der Waals surface area contributed by atoms with Gasteiger partial charge in [0.25, 0.3) is 0 Å². The lowest BCUT2D eigenvalue weighted by atomic mass is 10.1. The summed E-state index contributed by atoms with van der Waals surface area (Å²) in [6.07, 6.45) is 1.01. The molecule has 1 N–H and O–H groups in total. The largest absolute Gasteiger partial charge is 0.493 e. The summed E-state index contributed by atoms with van der Waals surface area (Å²) in [7, 11) is 0. The van der Waals surface area contributed by atoms with E-state index in [4.69, 9.17) is 4.74 Å². The summed E-state index contributed by atoms with van der Waals surface area (Å²) in [5.74, 6) is 0.956. The molecule has 0 saturated carbocycles. The third-order valence-corrected chi connectivity index (χ3v) is 4.05. The molecular formula is C18H22BrNO. The molecule has 0 fully saturated rings. The van der Waals surface area contributed by atoms with Crippen molar-refractivity contribution in [2.45, 2.75) is 33.7 Å². The molecule has 0 radical (unpaired) electrons. The van der Waals surface area contributed by atoms with Gasteiger partial charge in [-0.2, -0.15) is 0 Å². The molecule has 0 unspecified atom stereocenters. The number of rotatable bonds is 6. The molecule has 0 saturated heterocycles. The fourth-order valence-corrected chi connectivity index (χ4v) is 2.58. The Morgan fingerprint density at radius 2 is 1.95 bits per heavy atom. The van der Waals surface area contributed by atoms with Crippen LogP contribution < -0.4 is 10.1 Å². The van der Waals surface area contributed by atoms with Crippen LogP contribution in [-0.4, -0.2) is 6.61 Å². The number of halogens is 1. The predicted octanol–water partition coefficient (Wildman–Crippen LogP) is 5.47. The molecule has 0 atom stereocenters. The van der Waals surface area contributed by atoms with Crippen LogP contribution in [0.4, 0.5) is 5.69 Å². The molecular weight excluding hydrogens is 326 g/mol. The van der Waals surface area contributed by atoms with Crippen molar-refractivity contribution >= 4 is 21.6 Å². The lowest BCUT2D eigenvalue weighted by molar-refractivity contribution is 0.314. The number of hydrogen-bond acceptors (Lipinski definition) is 2. The third kappa shape index (κ3) is 4.24. The van der Waals surface area contributed by atoms with Crippen molar-refractivity contribution in [3.8, 4) is 5.75 Å². The van der Waals surface area contributed by atoms with Gasteiger partial charge in [0.2, 0.25) is 0 Å². The minimum atomic E-state index is 0.748. The second kappa shape index (κ2) is 7.51. The van der Waals surface area contributed by atoms with Gasteiger partial charge in [0.05, 0.1) is 6.61 Å². The molecule has 0 aliphatic heterocycles. The summed E-state index contributed by atoms with van der Waals surface area (Å²) in [6, 6.07) is 12.5. The monoisotopic (exact) mass is 347 g/mol. The summed E-state index contributed by atoms with van der Waals surface area (Å²) in [4.78, 5) is 0. The van der Waals surface area contributed by atoms with Crippen molar-refractivity contribution in [3.05, 3.63) is 57.6 Å². The molecule has 0 aliphatic carbocycles. The molecule has 2 nitrogen and oxygen atoms in total. The van der Waals surface area contributed by atoms with E-state index in [9.17, 15) is 0 Å². The molecule has 0 amide bonds. The molecule has 2 aromatic rings. The van der Waals surface area contributed by atoms with Gasteiger partial charge in [0, 0.05) is 22.3 Å². The zero-order valence-corrected chi connectivity index (χ0v) is 14.5. The highest BCUT2D eigenvalue weighted by Gasteiger charge is 2.06. The van der Waals surface area contributed by atoms with E-state index in [0.717, 1.165) is 29.8 Å². The average molecular weight is 348 g/mol. The Labute approximate surface area is 135 Å². The van der Waals surface area contributed by atoms with E-state index in [1.165, 1.54) is 22.4 Å². The molecule has 112 valence electrons. The van der Waals surface area contributed by atoms with Crippen LogP contribution in [0.2, 0.25) is 0 Å². The van der Waals surface area contributed by atoms with Crippen molar-refractivity contribution < 1.29 is 4.74 Å². The average Bonchev–Trinajstić information content (AvgIpc) is 2.48.